The summed E-state index contributed by atoms with van der Waals surface area (Å²) in [5, 5.41) is 7.87. The molecule has 158 valence electrons. The van der Waals surface area contributed by atoms with Gasteiger partial charge in [0.05, 0.1) is 10.1 Å². The summed E-state index contributed by atoms with van der Waals surface area (Å²) in [6.45, 7) is 6.14. The summed E-state index contributed by atoms with van der Waals surface area (Å²) in [4.78, 5) is 12.7. The van der Waals surface area contributed by atoms with E-state index >= 15 is 0 Å². The second kappa shape index (κ2) is 9.55. The Bertz CT molecular complexity index is 1110. The van der Waals surface area contributed by atoms with Gasteiger partial charge in [-0.15, -0.1) is 10.2 Å². The van der Waals surface area contributed by atoms with Crippen LogP contribution in [0.25, 0.3) is 11.5 Å². The van der Waals surface area contributed by atoms with Gasteiger partial charge in [0, 0.05) is 24.2 Å². The average molecular weight is 446 g/mol. The van der Waals surface area contributed by atoms with Crippen molar-refractivity contribution in [3.05, 3.63) is 60.2 Å². The lowest BCUT2D eigenvalue weighted by molar-refractivity contribution is 0.0993. The molecule has 0 aliphatic carbocycles. The summed E-state index contributed by atoms with van der Waals surface area (Å²) in [6, 6.07) is 15.4. The van der Waals surface area contributed by atoms with E-state index in [2.05, 4.69) is 10.2 Å². The molecule has 3 aromatic rings. The van der Waals surface area contributed by atoms with Gasteiger partial charge in [0.1, 0.15) is 0 Å². The molecule has 2 aromatic carbocycles. The van der Waals surface area contributed by atoms with Crippen molar-refractivity contribution in [2.24, 2.45) is 0 Å². The highest BCUT2D eigenvalue weighted by atomic mass is 32.2. The van der Waals surface area contributed by atoms with Gasteiger partial charge in [-0.2, -0.15) is 4.31 Å². The van der Waals surface area contributed by atoms with Gasteiger partial charge in [-0.3, -0.25) is 4.79 Å². The maximum Gasteiger partial charge on any atom is 0.277 e. The SMILES string of the molecule is CCN(CC)S(=O)(=O)c1cccc(-c2nnc(S[C@H](C)C(=O)c3ccccc3)o2)c1. The van der Waals surface area contributed by atoms with E-state index in [4.69, 9.17) is 4.42 Å². The number of thioether (sulfide) groups is 1. The maximum atomic E-state index is 12.8. The predicted octanol–water partition coefficient (Wildman–Crippen LogP) is 4.13. The zero-order valence-corrected chi connectivity index (χ0v) is 18.6. The van der Waals surface area contributed by atoms with E-state index in [1.807, 2.05) is 18.2 Å². The van der Waals surface area contributed by atoms with Crippen molar-refractivity contribution < 1.29 is 17.6 Å². The molecule has 30 heavy (non-hydrogen) atoms. The summed E-state index contributed by atoms with van der Waals surface area (Å²) in [7, 11) is -3.59. The number of hydrogen-bond acceptors (Lipinski definition) is 7. The van der Waals surface area contributed by atoms with Gasteiger partial charge in [0.25, 0.3) is 5.22 Å². The molecular weight excluding hydrogens is 422 g/mol. The van der Waals surface area contributed by atoms with Gasteiger partial charge in [0.2, 0.25) is 15.9 Å². The molecule has 1 heterocycles. The Hall–Kier alpha value is -2.49. The minimum atomic E-state index is -3.59. The minimum absolute atomic E-state index is 0.0346. The van der Waals surface area contributed by atoms with Crippen LogP contribution < -0.4 is 0 Å². The number of rotatable bonds is 9. The molecule has 0 radical (unpaired) electrons. The zero-order valence-electron chi connectivity index (χ0n) is 17.0. The molecule has 0 amide bonds. The lowest BCUT2D eigenvalue weighted by Gasteiger charge is -2.18. The Balaban J connectivity index is 1.79. The minimum Gasteiger partial charge on any atom is -0.411 e. The zero-order chi connectivity index (χ0) is 21.7. The first kappa shape index (κ1) is 22.2. The number of benzene rings is 2. The molecule has 0 aliphatic rings. The Labute approximate surface area is 180 Å². The number of carbonyl (C=O) groups is 1. The molecule has 7 nitrogen and oxygen atoms in total. The first-order chi connectivity index (χ1) is 14.4. The van der Waals surface area contributed by atoms with Gasteiger partial charge in [-0.1, -0.05) is 62.0 Å². The van der Waals surface area contributed by atoms with Crippen LogP contribution in [0.5, 0.6) is 0 Å². The monoisotopic (exact) mass is 445 g/mol. The van der Waals surface area contributed by atoms with Crippen molar-refractivity contribution in [1.29, 1.82) is 0 Å². The van der Waals surface area contributed by atoms with Crippen LogP contribution in [0, 0.1) is 0 Å². The van der Waals surface area contributed by atoms with Gasteiger partial charge in [0.15, 0.2) is 5.78 Å². The van der Waals surface area contributed by atoms with Crippen molar-refractivity contribution in [2.75, 3.05) is 13.1 Å². The van der Waals surface area contributed by atoms with E-state index in [1.54, 1.807) is 51.1 Å². The molecule has 0 aliphatic heterocycles. The summed E-state index contributed by atoms with van der Waals surface area (Å²) in [6.07, 6.45) is 0. The van der Waals surface area contributed by atoms with E-state index in [9.17, 15) is 13.2 Å². The highest BCUT2D eigenvalue weighted by Crippen LogP contribution is 2.29. The van der Waals surface area contributed by atoms with E-state index in [0.29, 0.717) is 24.2 Å². The third-order valence-corrected chi connectivity index (χ3v) is 7.52. The van der Waals surface area contributed by atoms with E-state index in [-0.39, 0.29) is 21.8 Å². The van der Waals surface area contributed by atoms with Gasteiger partial charge >= 0.3 is 0 Å². The molecule has 3 rings (SSSR count). The lowest BCUT2D eigenvalue weighted by Crippen LogP contribution is -2.30. The first-order valence-corrected chi connectivity index (χ1v) is 11.9. The summed E-state index contributed by atoms with van der Waals surface area (Å²) in [5.74, 6) is 0.168. The molecule has 1 atom stereocenters. The number of sulfonamides is 1. The standard InChI is InChI=1S/C21H23N3O4S2/c1-4-24(5-2)30(26,27)18-13-9-12-17(14-18)20-22-23-21(28-20)29-15(3)19(25)16-10-7-6-8-11-16/h6-15H,4-5H2,1-3H3/t15-/m1/s1. The highest BCUT2D eigenvalue weighted by molar-refractivity contribution is 8.00. The van der Waals surface area contributed by atoms with Gasteiger partial charge in [-0.05, 0) is 25.1 Å². The average Bonchev–Trinajstić information content (AvgIpc) is 3.23. The van der Waals surface area contributed by atoms with Crippen molar-refractivity contribution in [1.82, 2.24) is 14.5 Å². The number of hydrogen-bond donors (Lipinski definition) is 0. The van der Waals surface area contributed by atoms with Crippen molar-refractivity contribution >= 4 is 27.6 Å². The fraction of sp³-hybridized carbons (Fsp3) is 0.286. The maximum absolute atomic E-state index is 12.8. The smallest absolute Gasteiger partial charge is 0.277 e. The van der Waals surface area contributed by atoms with Crippen LogP contribution in [0.3, 0.4) is 0 Å². The molecule has 0 spiro atoms. The Morgan fingerprint density at radius 2 is 1.77 bits per heavy atom. The van der Waals surface area contributed by atoms with Crippen molar-refractivity contribution in [3.63, 3.8) is 0 Å². The van der Waals surface area contributed by atoms with Gasteiger partial charge in [-0.25, -0.2) is 8.42 Å². The molecular formula is C21H23N3O4S2. The Morgan fingerprint density at radius 3 is 2.43 bits per heavy atom. The van der Waals surface area contributed by atoms with Crippen LogP contribution in [0.2, 0.25) is 0 Å². The molecule has 1 aromatic heterocycles. The first-order valence-electron chi connectivity index (χ1n) is 9.56. The number of nitrogens with zero attached hydrogens (tertiary/aromatic N) is 3. The summed E-state index contributed by atoms with van der Waals surface area (Å²) in [5.41, 5.74) is 1.12. The lowest BCUT2D eigenvalue weighted by atomic mass is 10.1. The third kappa shape index (κ3) is 4.80. The topological polar surface area (TPSA) is 93.4 Å². The third-order valence-electron chi connectivity index (χ3n) is 4.54. The van der Waals surface area contributed by atoms with Crippen LogP contribution in [-0.2, 0) is 10.0 Å². The van der Waals surface area contributed by atoms with Crippen LogP contribution in [0.1, 0.15) is 31.1 Å². The van der Waals surface area contributed by atoms with E-state index in [1.165, 1.54) is 22.1 Å². The van der Waals surface area contributed by atoms with Crippen LogP contribution in [0.4, 0.5) is 0 Å². The molecule has 9 heteroatoms. The number of aromatic nitrogens is 2. The predicted molar refractivity (Wildman–Crippen MR) is 116 cm³/mol. The second-order valence-electron chi connectivity index (χ2n) is 6.48. The summed E-state index contributed by atoms with van der Waals surface area (Å²) < 4.78 is 32.6. The molecule has 0 saturated heterocycles. The number of carbonyl (C=O) groups excluding carboxylic acids is 1. The number of ketones is 1. The number of Topliss-reactive ketones (excluding diaryl/α,β-unsaturated/α-hetero) is 1. The van der Waals surface area contributed by atoms with Gasteiger partial charge < -0.3 is 4.42 Å². The van der Waals surface area contributed by atoms with E-state index in [0.717, 1.165) is 0 Å². The van der Waals surface area contributed by atoms with E-state index < -0.39 is 15.3 Å². The highest BCUT2D eigenvalue weighted by Gasteiger charge is 2.23. The van der Waals surface area contributed by atoms with Crippen LogP contribution in [-0.4, -0.2) is 47.0 Å². The van der Waals surface area contributed by atoms with Crippen LogP contribution >= 0.6 is 11.8 Å². The Morgan fingerprint density at radius 1 is 1.07 bits per heavy atom. The quantitative estimate of drug-likeness (QED) is 0.361. The molecule has 0 N–H and O–H groups in total. The molecule has 0 saturated carbocycles. The van der Waals surface area contributed by atoms with Crippen molar-refractivity contribution in [2.45, 2.75) is 36.1 Å². The fourth-order valence-electron chi connectivity index (χ4n) is 2.92. The molecule has 0 unspecified atom stereocenters. The van der Waals surface area contributed by atoms with Crippen molar-refractivity contribution in [3.8, 4) is 11.5 Å². The normalized spacial score (nSPS) is 12.8. The molecule has 0 fully saturated rings. The summed E-state index contributed by atoms with van der Waals surface area (Å²) >= 11 is 1.17. The second-order valence-corrected chi connectivity index (χ2v) is 9.71. The molecule has 0 bridgehead atoms. The van der Waals surface area contributed by atoms with Crippen LogP contribution in [0.15, 0.2) is 69.1 Å². The largest absolute Gasteiger partial charge is 0.411 e. The Kier molecular flexibility index (Phi) is 7.06. The fourth-order valence-corrected chi connectivity index (χ4v) is 5.18.